The summed E-state index contributed by atoms with van der Waals surface area (Å²) in [4.78, 5) is 4.36. The van der Waals surface area contributed by atoms with Gasteiger partial charge in [-0.2, -0.15) is 13.2 Å². The molecule has 0 saturated heterocycles. The van der Waals surface area contributed by atoms with Gasteiger partial charge in [0.2, 0.25) is 0 Å². The number of ether oxygens (including phenoxy) is 1. The molecule has 1 aromatic heterocycles. The summed E-state index contributed by atoms with van der Waals surface area (Å²) in [6, 6.07) is 0. The first kappa shape index (κ1) is 16.4. The molecule has 0 aromatic carbocycles. The maximum Gasteiger partial charge on any atom is 0.401 e. The van der Waals surface area contributed by atoms with Gasteiger partial charge in [0.25, 0.3) is 0 Å². The Kier molecular flexibility index (Phi) is 5.76. The second kappa shape index (κ2) is 6.67. The molecular weight excluding hydrogens is 277 g/mol. The number of rotatable bonds is 7. The summed E-state index contributed by atoms with van der Waals surface area (Å²) in [6.07, 6.45) is -3.42. The normalized spacial score (nSPS) is 15.5. The lowest BCUT2D eigenvalue weighted by atomic mass is 10.0. The van der Waals surface area contributed by atoms with Crippen molar-refractivity contribution in [3.05, 3.63) is 16.1 Å². The maximum atomic E-state index is 12.0. The van der Waals surface area contributed by atoms with E-state index in [9.17, 15) is 13.2 Å². The number of halogens is 3. The highest BCUT2D eigenvalue weighted by molar-refractivity contribution is 7.09. The molecule has 0 aliphatic rings. The molecular formula is C12H19F3N2OS. The van der Waals surface area contributed by atoms with Crippen LogP contribution in [0.1, 0.15) is 37.9 Å². The Labute approximate surface area is 115 Å². The average Bonchev–Trinajstić information content (AvgIpc) is 2.77. The van der Waals surface area contributed by atoms with Crippen LogP contribution in [0.25, 0.3) is 0 Å². The third kappa shape index (κ3) is 5.08. The monoisotopic (exact) mass is 296 g/mol. The molecule has 19 heavy (non-hydrogen) atoms. The lowest BCUT2D eigenvalue weighted by molar-refractivity contribution is -0.125. The van der Waals surface area contributed by atoms with Crippen molar-refractivity contribution in [3.8, 4) is 0 Å². The molecule has 7 heteroatoms. The highest BCUT2D eigenvalue weighted by Crippen LogP contribution is 2.31. The molecule has 0 aliphatic heterocycles. The van der Waals surface area contributed by atoms with E-state index in [0.29, 0.717) is 12.3 Å². The van der Waals surface area contributed by atoms with Gasteiger partial charge in [-0.15, -0.1) is 11.3 Å². The smallest absolute Gasteiger partial charge is 0.368 e. The second-order valence-corrected chi connectivity index (χ2v) is 5.24. The molecule has 1 aromatic rings. The van der Waals surface area contributed by atoms with E-state index in [1.54, 1.807) is 5.38 Å². The molecule has 1 N–H and O–H groups in total. The van der Waals surface area contributed by atoms with Gasteiger partial charge >= 0.3 is 6.18 Å². The highest BCUT2D eigenvalue weighted by atomic mass is 32.1. The van der Waals surface area contributed by atoms with Crippen LogP contribution in [0.5, 0.6) is 0 Å². The Morgan fingerprint density at radius 1 is 1.37 bits per heavy atom. The lowest BCUT2D eigenvalue weighted by Crippen LogP contribution is -2.28. The van der Waals surface area contributed by atoms with Gasteiger partial charge in [0.15, 0.2) is 0 Å². The van der Waals surface area contributed by atoms with Crippen LogP contribution < -0.4 is 5.32 Å². The second-order valence-electron chi connectivity index (χ2n) is 4.38. The van der Waals surface area contributed by atoms with Crippen molar-refractivity contribution in [2.75, 3.05) is 13.2 Å². The molecule has 0 saturated carbocycles. The van der Waals surface area contributed by atoms with Gasteiger partial charge in [-0.05, 0) is 20.3 Å². The number of hydrogen-bond acceptors (Lipinski definition) is 4. The Morgan fingerprint density at radius 2 is 2.05 bits per heavy atom. The largest absolute Gasteiger partial charge is 0.401 e. The summed E-state index contributed by atoms with van der Waals surface area (Å²) in [6.45, 7) is 5.54. The van der Waals surface area contributed by atoms with Crippen molar-refractivity contribution in [1.29, 1.82) is 0 Å². The summed E-state index contributed by atoms with van der Waals surface area (Å²) in [5.41, 5.74) is 0.158. The lowest BCUT2D eigenvalue weighted by Gasteiger charge is -2.25. The van der Waals surface area contributed by atoms with Crippen LogP contribution in [0.2, 0.25) is 0 Å². The predicted molar refractivity (Wildman–Crippen MR) is 69.1 cm³/mol. The maximum absolute atomic E-state index is 12.0. The molecule has 0 fully saturated rings. The summed E-state index contributed by atoms with van der Waals surface area (Å²) in [5, 5.41) is 4.91. The van der Waals surface area contributed by atoms with Gasteiger partial charge in [-0.1, -0.05) is 6.92 Å². The molecule has 110 valence electrons. The molecule has 0 bridgehead atoms. The zero-order chi connectivity index (χ0) is 14.5. The first-order valence-electron chi connectivity index (χ1n) is 6.17. The van der Waals surface area contributed by atoms with Crippen LogP contribution in [-0.2, 0) is 16.9 Å². The standard InChI is InChI=1S/C12H19F3N2OS/c1-4-11(3,18-5-2)10-17-9(7-19-10)6-16-8-12(13,14)15/h7,16H,4-6,8H2,1-3H3. The third-order valence-electron chi connectivity index (χ3n) is 2.77. The minimum atomic E-state index is -4.19. The van der Waals surface area contributed by atoms with Gasteiger partial charge in [0.1, 0.15) is 10.6 Å². The van der Waals surface area contributed by atoms with E-state index in [4.69, 9.17) is 4.74 Å². The number of thiazole rings is 1. The van der Waals surface area contributed by atoms with E-state index in [1.807, 2.05) is 20.8 Å². The van der Waals surface area contributed by atoms with Gasteiger partial charge in [0, 0.05) is 18.5 Å². The first-order valence-corrected chi connectivity index (χ1v) is 7.05. The van der Waals surface area contributed by atoms with Crippen molar-refractivity contribution in [2.24, 2.45) is 0 Å². The molecule has 3 nitrogen and oxygen atoms in total. The van der Waals surface area contributed by atoms with E-state index in [1.165, 1.54) is 11.3 Å². The molecule has 0 amide bonds. The average molecular weight is 296 g/mol. The van der Waals surface area contributed by atoms with Crippen molar-refractivity contribution in [2.45, 2.75) is 45.5 Å². The van der Waals surface area contributed by atoms with Crippen molar-refractivity contribution in [1.82, 2.24) is 10.3 Å². The SMILES string of the molecule is CCOC(C)(CC)c1nc(CNCC(F)(F)F)cs1. The van der Waals surface area contributed by atoms with Gasteiger partial charge in [-0.25, -0.2) is 4.98 Å². The molecule has 0 radical (unpaired) electrons. The summed E-state index contributed by atoms with van der Waals surface area (Å²) < 4.78 is 41.7. The Morgan fingerprint density at radius 3 is 2.58 bits per heavy atom. The highest BCUT2D eigenvalue weighted by Gasteiger charge is 2.29. The van der Waals surface area contributed by atoms with E-state index in [-0.39, 0.29) is 6.54 Å². The minimum Gasteiger partial charge on any atom is -0.368 e. The Balaban J connectivity index is 2.61. The van der Waals surface area contributed by atoms with Crippen LogP contribution in [0.4, 0.5) is 13.2 Å². The fourth-order valence-corrected chi connectivity index (χ4v) is 2.60. The molecule has 0 aliphatic carbocycles. The number of hydrogen-bond donors (Lipinski definition) is 1. The Bertz CT molecular complexity index is 395. The van der Waals surface area contributed by atoms with Crippen molar-refractivity contribution >= 4 is 11.3 Å². The summed E-state index contributed by atoms with van der Waals surface area (Å²) in [5.74, 6) is 0. The summed E-state index contributed by atoms with van der Waals surface area (Å²) >= 11 is 1.42. The predicted octanol–water partition coefficient (Wildman–Crippen LogP) is 3.46. The van der Waals surface area contributed by atoms with Crippen LogP contribution in [0, 0.1) is 0 Å². The number of nitrogens with zero attached hydrogens (tertiary/aromatic N) is 1. The van der Waals surface area contributed by atoms with Gasteiger partial charge in [0.05, 0.1) is 12.2 Å². The van der Waals surface area contributed by atoms with Crippen LogP contribution in [0.3, 0.4) is 0 Å². The number of aromatic nitrogens is 1. The van der Waals surface area contributed by atoms with Crippen LogP contribution >= 0.6 is 11.3 Å². The topological polar surface area (TPSA) is 34.1 Å². The van der Waals surface area contributed by atoms with E-state index in [0.717, 1.165) is 11.4 Å². The van der Waals surface area contributed by atoms with E-state index < -0.39 is 18.3 Å². The van der Waals surface area contributed by atoms with E-state index >= 15 is 0 Å². The molecule has 0 spiro atoms. The Hall–Kier alpha value is -0.660. The quantitative estimate of drug-likeness (QED) is 0.836. The van der Waals surface area contributed by atoms with Gasteiger partial charge in [-0.3, -0.25) is 0 Å². The van der Waals surface area contributed by atoms with Crippen molar-refractivity contribution in [3.63, 3.8) is 0 Å². The first-order chi connectivity index (χ1) is 8.80. The zero-order valence-corrected chi connectivity index (χ0v) is 12.1. The number of nitrogens with one attached hydrogen (secondary N) is 1. The summed E-state index contributed by atoms with van der Waals surface area (Å²) in [7, 11) is 0. The fraction of sp³-hybridized carbons (Fsp3) is 0.750. The molecule has 1 rings (SSSR count). The number of alkyl halides is 3. The minimum absolute atomic E-state index is 0.113. The fourth-order valence-electron chi connectivity index (χ4n) is 1.60. The molecule has 1 unspecified atom stereocenters. The zero-order valence-electron chi connectivity index (χ0n) is 11.3. The van der Waals surface area contributed by atoms with Gasteiger partial charge < -0.3 is 10.1 Å². The molecule has 1 heterocycles. The van der Waals surface area contributed by atoms with Crippen molar-refractivity contribution < 1.29 is 17.9 Å². The van der Waals surface area contributed by atoms with Crippen LogP contribution in [0.15, 0.2) is 5.38 Å². The molecule has 1 atom stereocenters. The van der Waals surface area contributed by atoms with Crippen LogP contribution in [-0.4, -0.2) is 24.3 Å². The third-order valence-corrected chi connectivity index (χ3v) is 3.91. The van der Waals surface area contributed by atoms with E-state index in [2.05, 4.69) is 10.3 Å².